The molecule has 0 saturated heterocycles. The first-order valence-electron chi connectivity index (χ1n) is 5.01. The molecule has 14 heavy (non-hydrogen) atoms. The molecule has 1 unspecified atom stereocenters. The van der Waals surface area contributed by atoms with Crippen LogP contribution < -0.4 is 0 Å². The van der Waals surface area contributed by atoms with Gasteiger partial charge in [-0.25, -0.2) is 8.99 Å². The van der Waals surface area contributed by atoms with Gasteiger partial charge in [-0.2, -0.15) is 0 Å². The molecule has 76 valence electrons. The summed E-state index contributed by atoms with van der Waals surface area (Å²) in [6.45, 7) is 2.09. The van der Waals surface area contributed by atoms with Crippen LogP contribution in [0.1, 0.15) is 25.3 Å². The molecule has 0 aliphatic heterocycles. The van der Waals surface area contributed by atoms with Crippen LogP contribution in [0.25, 0.3) is 0 Å². The highest BCUT2D eigenvalue weighted by Crippen LogP contribution is 2.34. The van der Waals surface area contributed by atoms with Gasteiger partial charge in [0.1, 0.15) is 0 Å². The Kier molecular flexibility index (Phi) is 2.35. The fourth-order valence-corrected chi connectivity index (χ4v) is 3.24. The van der Waals surface area contributed by atoms with Crippen LogP contribution in [0, 0.1) is 4.78 Å². The molecule has 1 atom stereocenters. The monoisotopic (exact) mass is 209 g/mol. The van der Waals surface area contributed by atoms with Crippen molar-refractivity contribution in [3.05, 3.63) is 29.8 Å². The summed E-state index contributed by atoms with van der Waals surface area (Å²) in [6.07, 6.45) is 2.90. The lowest BCUT2D eigenvalue weighted by Gasteiger charge is -2.06. The predicted molar refractivity (Wildman–Crippen MR) is 58.0 cm³/mol. The minimum atomic E-state index is -2.49. The van der Waals surface area contributed by atoms with Crippen molar-refractivity contribution in [2.45, 2.75) is 36.3 Å². The molecule has 0 spiro atoms. The largest absolute Gasteiger partial charge is 0.249 e. The molecule has 1 aromatic rings. The third-order valence-electron chi connectivity index (χ3n) is 2.68. The lowest BCUT2D eigenvalue weighted by Crippen LogP contribution is -2.04. The smallest absolute Gasteiger partial charge is 0.0755 e. The Morgan fingerprint density at radius 1 is 1.36 bits per heavy atom. The maximum absolute atomic E-state index is 12.0. The first-order chi connectivity index (χ1) is 6.64. The average Bonchev–Trinajstić information content (AvgIpc) is 3.01. The number of aryl methyl sites for hydroxylation is 1. The number of nitrogens with one attached hydrogen (secondary N) is 1. The Hall–Kier alpha value is -0.830. The summed E-state index contributed by atoms with van der Waals surface area (Å²) >= 11 is 0. The molecule has 2 rings (SSSR count). The Balaban J connectivity index is 2.33. The van der Waals surface area contributed by atoms with Crippen molar-refractivity contribution < 1.29 is 4.21 Å². The molecule has 3 heteroatoms. The number of rotatable bonds is 3. The normalized spacial score (nSPS) is 20.4. The van der Waals surface area contributed by atoms with Crippen molar-refractivity contribution in [1.82, 2.24) is 0 Å². The van der Waals surface area contributed by atoms with E-state index in [9.17, 15) is 4.21 Å². The van der Waals surface area contributed by atoms with Crippen LogP contribution in [0.15, 0.2) is 29.2 Å². The van der Waals surface area contributed by atoms with Gasteiger partial charge in [-0.3, -0.25) is 0 Å². The van der Waals surface area contributed by atoms with E-state index in [4.69, 9.17) is 4.78 Å². The molecule has 1 fully saturated rings. The standard InChI is InChI=1S/C11H15NOS/c1-2-9-3-5-10(6-4-9)14(12,13)11-7-8-11/h3-6,11-12H,2,7-8H2,1H3. The minimum Gasteiger partial charge on any atom is -0.249 e. The first-order valence-corrected chi connectivity index (χ1v) is 6.63. The number of benzene rings is 1. The number of hydrogen-bond acceptors (Lipinski definition) is 2. The molecular weight excluding hydrogens is 194 g/mol. The summed E-state index contributed by atoms with van der Waals surface area (Å²) in [6, 6.07) is 7.66. The average molecular weight is 209 g/mol. The quantitative estimate of drug-likeness (QED) is 0.817. The van der Waals surface area contributed by atoms with E-state index in [1.807, 2.05) is 24.3 Å². The molecule has 2 nitrogen and oxygen atoms in total. The number of hydrogen-bond donors (Lipinski definition) is 1. The van der Waals surface area contributed by atoms with Crippen LogP contribution in [0.2, 0.25) is 0 Å². The van der Waals surface area contributed by atoms with Crippen LogP contribution in [-0.2, 0) is 16.1 Å². The van der Waals surface area contributed by atoms with Gasteiger partial charge < -0.3 is 0 Å². The molecule has 0 aromatic heterocycles. The lowest BCUT2D eigenvalue weighted by molar-refractivity contribution is 0.673. The van der Waals surface area contributed by atoms with Gasteiger partial charge in [-0.1, -0.05) is 19.1 Å². The van der Waals surface area contributed by atoms with Crippen molar-refractivity contribution in [1.29, 1.82) is 4.78 Å². The van der Waals surface area contributed by atoms with E-state index in [0.29, 0.717) is 4.90 Å². The summed E-state index contributed by atoms with van der Waals surface area (Å²) in [5.41, 5.74) is 1.24. The lowest BCUT2D eigenvalue weighted by atomic mass is 10.2. The molecule has 0 radical (unpaired) electrons. The molecule has 0 heterocycles. The van der Waals surface area contributed by atoms with E-state index >= 15 is 0 Å². The zero-order valence-corrected chi connectivity index (χ0v) is 9.14. The van der Waals surface area contributed by atoms with E-state index in [1.54, 1.807) is 0 Å². The van der Waals surface area contributed by atoms with Crippen molar-refractivity contribution in [2.75, 3.05) is 0 Å². The fraction of sp³-hybridized carbons (Fsp3) is 0.455. The van der Waals surface area contributed by atoms with Gasteiger partial charge in [-0.05, 0) is 37.0 Å². The first kappa shape index (κ1) is 9.71. The van der Waals surface area contributed by atoms with Crippen LogP contribution in [-0.4, -0.2) is 9.46 Å². The fourth-order valence-electron chi connectivity index (χ4n) is 1.52. The second-order valence-corrected chi connectivity index (χ2v) is 6.14. The van der Waals surface area contributed by atoms with Crippen LogP contribution in [0.5, 0.6) is 0 Å². The van der Waals surface area contributed by atoms with Crippen molar-refractivity contribution >= 4 is 9.73 Å². The Labute approximate surface area is 85.3 Å². The molecule has 0 amide bonds. The zero-order valence-electron chi connectivity index (χ0n) is 8.32. The summed E-state index contributed by atoms with van der Waals surface area (Å²) in [5, 5.41) is 0.120. The minimum absolute atomic E-state index is 0.120. The maximum atomic E-state index is 12.0. The van der Waals surface area contributed by atoms with Crippen molar-refractivity contribution in [2.24, 2.45) is 0 Å². The maximum Gasteiger partial charge on any atom is 0.0755 e. The van der Waals surface area contributed by atoms with Crippen molar-refractivity contribution in [3.63, 3.8) is 0 Å². The van der Waals surface area contributed by atoms with Gasteiger partial charge in [0, 0.05) is 10.1 Å². The highest BCUT2D eigenvalue weighted by molar-refractivity contribution is 7.93. The third-order valence-corrected chi connectivity index (χ3v) is 5.06. The molecule has 1 saturated carbocycles. The van der Waals surface area contributed by atoms with Gasteiger partial charge in [-0.15, -0.1) is 0 Å². The SMILES string of the molecule is CCc1ccc(S(=N)(=O)C2CC2)cc1. The van der Waals surface area contributed by atoms with E-state index < -0.39 is 9.73 Å². The second kappa shape index (κ2) is 3.39. The molecule has 1 aromatic carbocycles. The van der Waals surface area contributed by atoms with Crippen molar-refractivity contribution in [3.8, 4) is 0 Å². The van der Waals surface area contributed by atoms with E-state index in [0.717, 1.165) is 19.3 Å². The second-order valence-electron chi connectivity index (χ2n) is 3.80. The Morgan fingerprint density at radius 2 is 1.93 bits per heavy atom. The van der Waals surface area contributed by atoms with Gasteiger partial charge in [0.15, 0.2) is 0 Å². The van der Waals surface area contributed by atoms with Crippen LogP contribution in [0.3, 0.4) is 0 Å². The highest BCUT2D eigenvalue weighted by atomic mass is 32.2. The van der Waals surface area contributed by atoms with Crippen LogP contribution in [0.4, 0.5) is 0 Å². The van der Waals surface area contributed by atoms with Crippen LogP contribution >= 0.6 is 0 Å². The molecule has 1 N–H and O–H groups in total. The third kappa shape index (κ3) is 1.69. The molecular formula is C11H15NOS. The highest BCUT2D eigenvalue weighted by Gasteiger charge is 2.33. The van der Waals surface area contributed by atoms with E-state index in [1.165, 1.54) is 5.56 Å². The van der Waals surface area contributed by atoms with Gasteiger partial charge in [0.2, 0.25) is 0 Å². The summed E-state index contributed by atoms with van der Waals surface area (Å²) < 4.78 is 19.9. The Morgan fingerprint density at radius 3 is 2.36 bits per heavy atom. The molecule has 1 aliphatic carbocycles. The Bertz CT molecular complexity index is 415. The van der Waals surface area contributed by atoms with Gasteiger partial charge in [0.25, 0.3) is 0 Å². The zero-order chi connectivity index (χ0) is 10.2. The van der Waals surface area contributed by atoms with E-state index in [2.05, 4.69) is 6.92 Å². The molecule has 0 bridgehead atoms. The van der Waals surface area contributed by atoms with Gasteiger partial charge in [0.05, 0.1) is 9.73 Å². The predicted octanol–water partition coefficient (Wildman–Crippen LogP) is 2.82. The topological polar surface area (TPSA) is 40.9 Å². The van der Waals surface area contributed by atoms with E-state index in [-0.39, 0.29) is 5.25 Å². The van der Waals surface area contributed by atoms with Gasteiger partial charge >= 0.3 is 0 Å². The summed E-state index contributed by atoms with van der Waals surface area (Å²) in [4.78, 5) is 0.706. The summed E-state index contributed by atoms with van der Waals surface area (Å²) in [7, 11) is -2.49. The molecule has 1 aliphatic rings. The summed E-state index contributed by atoms with van der Waals surface area (Å²) in [5.74, 6) is 0.